The molecule has 0 spiro atoms. The average molecular weight is 256 g/mol. The smallest absolute Gasteiger partial charge is 0.300 e. The molecule has 1 atom stereocenters. The number of carbonyl (C=O) groups is 1. The summed E-state index contributed by atoms with van der Waals surface area (Å²) in [5.41, 5.74) is 0.0617. The number of ketones is 1. The van der Waals surface area contributed by atoms with Gasteiger partial charge in [0.25, 0.3) is 0 Å². The Morgan fingerprint density at radius 3 is 2.72 bits per heavy atom. The van der Waals surface area contributed by atoms with Gasteiger partial charge in [0, 0.05) is 12.8 Å². The maximum absolute atomic E-state index is 12.6. The van der Waals surface area contributed by atoms with Gasteiger partial charge < -0.3 is 0 Å². The molecule has 0 radical (unpaired) electrons. The highest BCUT2D eigenvalue weighted by atomic mass is 19.4. The van der Waals surface area contributed by atoms with Crippen molar-refractivity contribution < 1.29 is 18.0 Å². The van der Waals surface area contributed by atoms with E-state index in [0.29, 0.717) is 24.8 Å². The Hall–Kier alpha value is -1.32. The van der Waals surface area contributed by atoms with Gasteiger partial charge in [0.05, 0.1) is 5.56 Å². The number of alkyl halides is 3. The minimum atomic E-state index is -4.29. The highest BCUT2D eigenvalue weighted by Crippen LogP contribution is 2.31. The first-order valence-electron chi connectivity index (χ1n) is 6.13. The molecule has 1 nitrogen and oxygen atoms in total. The molecule has 0 saturated heterocycles. The van der Waals surface area contributed by atoms with Crippen molar-refractivity contribution in [2.75, 3.05) is 0 Å². The zero-order valence-electron chi connectivity index (χ0n) is 9.96. The minimum Gasteiger partial charge on any atom is -0.300 e. The number of carbonyl (C=O) groups excluding carboxylic acids is 1. The zero-order valence-corrected chi connectivity index (χ0v) is 9.96. The first kappa shape index (κ1) is 13.1. The van der Waals surface area contributed by atoms with Crippen LogP contribution in [0.2, 0.25) is 0 Å². The molecular formula is C14H15F3O. The lowest BCUT2D eigenvalue weighted by atomic mass is 9.84. The Morgan fingerprint density at radius 1 is 1.28 bits per heavy atom. The molecule has 1 saturated carbocycles. The Labute approximate surface area is 104 Å². The van der Waals surface area contributed by atoms with E-state index in [4.69, 9.17) is 0 Å². The van der Waals surface area contributed by atoms with E-state index in [9.17, 15) is 18.0 Å². The van der Waals surface area contributed by atoms with Crippen LogP contribution in [0.5, 0.6) is 0 Å². The SMILES string of the molecule is O=C1CCCC(Cc2cccc(C(F)(F)F)c2)C1. The molecule has 1 aliphatic carbocycles. The van der Waals surface area contributed by atoms with Crippen molar-refractivity contribution in [1.82, 2.24) is 0 Å². The summed E-state index contributed by atoms with van der Waals surface area (Å²) in [6.45, 7) is 0. The monoisotopic (exact) mass is 256 g/mol. The predicted octanol–water partition coefficient (Wildman–Crippen LogP) is 4.01. The van der Waals surface area contributed by atoms with Gasteiger partial charge in [0.2, 0.25) is 0 Å². The first-order valence-corrected chi connectivity index (χ1v) is 6.13. The van der Waals surface area contributed by atoms with E-state index in [-0.39, 0.29) is 11.7 Å². The third-order valence-corrected chi connectivity index (χ3v) is 3.36. The molecule has 0 N–H and O–H groups in total. The Morgan fingerprint density at radius 2 is 2.06 bits per heavy atom. The zero-order chi connectivity index (χ0) is 13.2. The van der Waals surface area contributed by atoms with Crippen molar-refractivity contribution in [3.05, 3.63) is 35.4 Å². The van der Waals surface area contributed by atoms with Crippen molar-refractivity contribution in [1.29, 1.82) is 0 Å². The summed E-state index contributed by atoms with van der Waals surface area (Å²) in [4.78, 5) is 11.3. The molecule has 0 aromatic heterocycles. The van der Waals surface area contributed by atoms with Crippen LogP contribution in [-0.2, 0) is 17.4 Å². The molecule has 0 heterocycles. The predicted molar refractivity (Wildman–Crippen MR) is 62.1 cm³/mol. The maximum Gasteiger partial charge on any atom is 0.416 e. The number of hydrogen-bond acceptors (Lipinski definition) is 1. The summed E-state index contributed by atoms with van der Waals surface area (Å²) in [5, 5.41) is 0. The van der Waals surface area contributed by atoms with Crippen LogP contribution < -0.4 is 0 Å². The minimum absolute atomic E-state index is 0.203. The highest BCUT2D eigenvalue weighted by molar-refractivity contribution is 5.79. The van der Waals surface area contributed by atoms with E-state index < -0.39 is 11.7 Å². The van der Waals surface area contributed by atoms with Gasteiger partial charge in [0.15, 0.2) is 0 Å². The number of rotatable bonds is 2. The highest BCUT2D eigenvalue weighted by Gasteiger charge is 2.30. The number of hydrogen-bond donors (Lipinski definition) is 0. The van der Waals surface area contributed by atoms with Crippen LogP contribution in [0.4, 0.5) is 13.2 Å². The molecule has 98 valence electrons. The molecule has 0 bridgehead atoms. The number of halogens is 3. The second-order valence-corrected chi connectivity index (χ2v) is 4.90. The quantitative estimate of drug-likeness (QED) is 0.781. The summed E-state index contributed by atoms with van der Waals surface area (Å²) < 4.78 is 37.7. The van der Waals surface area contributed by atoms with Crippen LogP contribution in [0.1, 0.15) is 36.8 Å². The first-order chi connectivity index (χ1) is 8.45. The third-order valence-electron chi connectivity index (χ3n) is 3.36. The summed E-state index contributed by atoms with van der Waals surface area (Å²) >= 11 is 0. The van der Waals surface area contributed by atoms with E-state index >= 15 is 0 Å². The van der Waals surface area contributed by atoms with Crippen LogP contribution in [0, 0.1) is 5.92 Å². The van der Waals surface area contributed by atoms with Crippen molar-refractivity contribution in [2.45, 2.75) is 38.3 Å². The van der Waals surface area contributed by atoms with Crippen LogP contribution in [0.25, 0.3) is 0 Å². The fourth-order valence-electron chi connectivity index (χ4n) is 2.50. The molecule has 1 aliphatic rings. The Kier molecular flexibility index (Phi) is 3.73. The van der Waals surface area contributed by atoms with E-state index in [0.717, 1.165) is 18.9 Å². The van der Waals surface area contributed by atoms with Gasteiger partial charge in [-0.1, -0.05) is 18.2 Å². The summed E-state index contributed by atoms with van der Waals surface area (Å²) in [5.74, 6) is 0.438. The van der Waals surface area contributed by atoms with Crippen molar-refractivity contribution in [2.24, 2.45) is 5.92 Å². The summed E-state index contributed by atoms with van der Waals surface area (Å²) in [6, 6.07) is 5.41. The standard InChI is InChI=1S/C14H15F3O/c15-14(16,17)12-5-1-3-10(8-12)7-11-4-2-6-13(18)9-11/h1,3,5,8,11H,2,4,6-7,9H2. The summed E-state index contributed by atoms with van der Waals surface area (Å²) in [7, 11) is 0. The lowest BCUT2D eigenvalue weighted by Gasteiger charge is -2.21. The normalized spacial score (nSPS) is 21.1. The molecule has 1 fully saturated rings. The molecule has 18 heavy (non-hydrogen) atoms. The van der Waals surface area contributed by atoms with Crippen LogP contribution in [0.15, 0.2) is 24.3 Å². The van der Waals surface area contributed by atoms with Gasteiger partial charge >= 0.3 is 6.18 Å². The van der Waals surface area contributed by atoms with E-state index in [1.54, 1.807) is 6.07 Å². The molecular weight excluding hydrogens is 241 g/mol. The van der Waals surface area contributed by atoms with E-state index in [2.05, 4.69) is 0 Å². The third kappa shape index (κ3) is 3.34. The molecule has 0 amide bonds. The topological polar surface area (TPSA) is 17.1 Å². The van der Waals surface area contributed by atoms with Crippen LogP contribution in [0.3, 0.4) is 0 Å². The Bertz CT molecular complexity index is 437. The second kappa shape index (κ2) is 5.12. The van der Waals surface area contributed by atoms with E-state index in [1.807, 2.05) is 0 Å². The average Bonchev–Trinajstić information content (AvgIpc) is 2.28. The lowest BCUT2D eigenvalue weighted by Crippen LogP contribution is -2.17. The molecule has 1 aromatic carbocycles. The number of benzene rings is 1. The van der Waals surface area contributed by atoms with Crippen LogP contribution >= 0.6 is 0 Å². The molecule has 1 unspecified atom stereocenters. The fraction of sp³-hybridized carbons (Fsp3) is 0.500. The van der Waals surface area contributed by atoms with Gasteiger partial charge in [-0.2, -0.15) is 13.2 Å². The molecule has 0 aliphatic heterocycles. The Balaban J connectivity index is 2.07. The lowest BCUT2D eigenvalue weighted by molar-refractivity contribution is -0.137. The molecule has 2 rings (SSSR count). The van der Waals surface area contributed by atoms with E-state index in [1.165, 1.54) is 12.1 Å². The fourth-order valence-corrected chi connectivity index (χ4v) is 2.50. The van der Waals surface area contributed by atoms with Gasteiger partial charge in [-0.3, -0.25) is 4.79 Å². The van der Waals surface area contributed by atoms with Crippen LogP contribution in [-0.4, -0.2) is 5.78 Å². The van der Waals surface area contributed by atoms with Crippen molar-refractivity contribution in [3.8, 4) is 0 Å². The second-order valence-electron chi connectivity index (χ2n) is 4.90. The maximum atomic E-state index is 12.6. The summed E-state index contributed by atoms with van der Waals surface area (Å²) in [6.07, 6.45) is -0.798. The largest absolute Gasteiger partial charge is 0.416 e. The van der Waals surface area contributed by atoms with Gasteiger partial charge in [-0.05, 0) is 36.8 Å². The number of Topliss-reactive ketones (excluding diaryl/α,β-unsaturated/α-hetero) is 1. The van der Waals surface area contributed by atoms with Gasteiger partial charge in [-0.25, -0.2) is 0 Å². The van der Waals surface area contributed by atoms with Gasteiger partial charge in [-0.15, -0.1) is 0 Å². The van der Waals surface area contributed by atoms with Gasteiger partial charge in [0.1, 0.15) is 5.78 Å². The van der Waals surface area contributed by atoms with Crippen molar-refractivity contribution in [3.63, 3.8) is 0 Å². The molecule has 1 aromatic rings. The molecule has 4 heteroatoms. The van der Waals surface area contributed by atoms with Crippen molar-refractivity contribution >= 4 is 5.78 Å².